The number of para-hydroxylation sites is 1. The van der Waals surface area contributed by atoms with Crippen molar-refractivity contribution in [2.24, 2.45) is 11.7 Å². The SMILES string of the molecule is CC(N)c1ccccc1N1CCC[C@H]2CCCC[C@H]21. The van der Waals surface area contributed by atoms with E-state index in [4.69, 9.17) is 5.73 Å². The summed E-state index contributed by atoms with van der Waals surface area (Å²) < 4.78 is 0. The molecular formula is C17H26N2. The number of fused-ring (bicyclic) bond motifs is 1. The number of hydrogen-bond donors (Lipinski definition) is 1. The maximum Gasteiger partial charge on any atom is 0.0417 e. The fourth-order valence-electron chi connectivity index (χ4n) is 4.06. The molecule has 2 N–H and O–H groups in total. The van der Waals surface area contributed by atoms with E-state index in [2.05, 4.69) is 36.1 Å². The van der Waals surface area contributed by atoms with Crippen LogP contribution in [0.4, 0.5) is 5.69 Å². The number of nitrogens with zero attached hydrogens (tertiary/aromatic N) is 1. The third kappa shape index (κ3) is 2.51. The lowest BCUT2D eigenvalue weighted by Gasteiger charge is -2.46. The molecule has 2 nitrogen and oxygen atoms in total. The molecule has 3 atom stereocenters. The highest BCUT2D eigenvalue weighted by atomic mass is 15.2. The molecule has 1 aromatic carbocycles. The van der Waals surface area contributed by atoms with Gasteiger partial charge in [-0.05, 0) is 50.2 Å². The third-order valence-electron chi connectivity index (χ3n) is 4.98. The molecule has 2 aliphatic rings. The topological polar surface area (TPSA) is 29.3 Å². The molecule has 2 heteroatoms. The predicted molar refractivity (Wildman–Crippen MR) is 81.4 cm³/mol. The molecular weight excluding hydrogens is 232 g/mol. The van der Waals surface area contributed by atoms with Crippen LogP contribution in [0.15, 0.2) is 24.3 Å². The van der Waals surface area contributed by atoms with Gasteiger partial charge in [-0.2, -0.15) is 0 Å². The van der Waals surface area contributed by atoms with Crippen LogP contribution in [-0.4, -0.2) is 12.6 Å². The average molecular weight is 258 g/mol. The second kappa shape index (κ2) is 5.54. The highest BCUT2D eigenvalue weighted by Crippen LogP contribution is 2.39. The zero-order valence-electron chi connectivity index (χ0n) is 12.0. The minimum absolute atomic E-state index is 0.125. The molecule has 1 aromatic rings. The second-order valence-electron chi connectivity index (χ2n) is 6.29. The molecule has 19 heavy (non-hydrogen) atoms. The summed E-state index contributed by atoms with van der Waals surface area (Å²) in [5.74, 6) is 0.920. The van der Waals surface area contributed by atoms with E-state index < -0.39 is 0 Å². The minimum Gasteiger partial charge on any atom is -0.368 e. The summed E-state index contributed by atoms with van der Waals surface area (Å²) in [5, 5.41) is 0. The molecule has 0 bridgehead atoms. The summed E-state index contributed by atoms with van der Waals surface area (Å²) in [7, 11) is 0. The molecule has 0 spiro atoms. The molecule has 1 saturated heterocycles. The van der Waals surface area contributed by atoms with Crippen LogP contribution in [0.1, 0.15) is 57.1 Å². The summed E-state index contributed by atoms with van der Waals surface area (Å²) in [6.45, 7) is 3.31. The lowest BCUT2D eigenvalue weighted by Crippen LogP contribution is -2.47. The Kier molecular flexibility index (Phi) is 3.79. The van der Waals surface area contributed by atoms with E-state index in [0.717, 1.165) is 12.0 Å². The van der Waals surface area contributed by atoms with E-state index in [9.17, 15) is 0 Å². The Morgan fingerprint density at radius 3 is 2.68 bits per heavy atom. The van der Waals surface area contributed by atoms with Crippen molar-refractivity contribution in [3.63, 3.8) is 0 Å². The number of rotatable bonds is 2. The smallest absolute Gasteiger partial charge is 0.0417 e. The Bertz CT molecular complexity index is 425. The average Bonchev–Trinajstić information content (AvgIpc) is 2.46. The number of nitrogens with two attached hydrogens (primary N) is 1. The normalized spacial score (nSPS) is 28.8. The van der Waals surface area contributed by atoms with Crippen LogP contribution >= 0.6 is 0 Å². The van der Waals surface area contributed by atoms with E-state index in [-0.39, 0.29) is 6.04 Å². The van der Waals surface area contributed by atoms with Gasteiger partial charge < -0.3 is 10.6 Å². The first-order valence-corrected chi connectivity index (χ1v) is 7.88. The lowest BCUT2D eigenvalue weighted by molar-refractivity contribution is 0.243. The third-order valence-corrected chi connectivity index (χ3v) is 4.98. The molecule has 0 aromatic heterocycles. The molecule has 1 aliphatic carbocycles. The summed E-state index contributed by atoms with van der Waals surface area (Å²) in [5.41, 5.74) is 8.87. The van der Waals surface area contributed by atoms with Gasteiger partial charge in [0.1, 0.15) is 0 Å². The standard InChI is InChI=1S/C17H26N2/c1-13(18)15-9-3-5-11-17(15)19-12-6-8-14-7-2-4-10-16(14)19/h3,5,9,11,13-14,16H,2,4,6-8,10,12,18H2,1H3/t13?,14-,16-/m1/s1. The summed E-state index contributed by atoms with van der Waals surface area (Å²) in [6.07, 6.45) is 8.41. The quantitative estimate of drug-likeness (QED) is 0.872. The van der Waals surface area contributed by atoms with Crippen LogP contribution in [0.25, 0.3) is 0 Å². The maximum absolute atomic E-state index is 6.16. The van der Waals surface area contributed by atoms with Gasteiger partial charge in [0.2, 0.25) is 0 Å². The van der Waals surface area contributed by atoms with Gasteiger partial charge >= 0.3 is 0 Å². The van der Waals surface area contributed by atoms with Gasteiger partial charge in [0, 0.05) is 24.3 Å². The van der Waals surface area contributed by atoms with Gasteiger partial charge in [-0.25, -0.2) is 0 Å². The van der Waals surface area contributed by atoms with Crippen LogP contribution in [0.5, 0.6) is 0 Å². The number of hydrogen-bond acceptors (Lipinski definition) is 2. The zero-order valence-corrected chi connectivity index (χ0v) is 12.0. The number of piperidine rings is 1. The Labute approximate surface area is 117 Å². The van der Waals surface area contributed by atoms with Crippen LogP contribution < -0.4 is 10.6 Å². The first-order valence-electron chi connectivity index (χ1n) is 7.88. The molecule has 1 aliphatic heterocycles. The van der Waals surface area contributed by atoms with E-state index in [1.807, 2.05) is 0 Å². The van der Waals surface area contributed by atoms with Gasteiger partial charge in [0.15, 0.2) is 0 Å². The monoisotopic (exact) mass is 258 g/mol. The molecule has 104 valence electrons. The Hall–Kier alpha value is -1.02. The molecule has 0 radical (unpaired) electrons. The Balaban J connectivity index is 1.91. The van der Waals surface area contributed by atoms with Crippen molar-refractivity contribution in [2.45, 2.75) is 57.5 Å². The molecule has 1 unspecified atom stereocenters. The minimum atomic E-state index is 0.125. The van der Waals surface area contributed by atoms with E-state index in [1.165, 1.54) is 56.3 Å². The van der Waals surface area contributed by atoms with Crippen LogP contribution in [0.2, 0.25) is 0 Å². The van der Waals surface area contributed by atoms with Crippen LogP contribution in [-0.2, 0) is 0 Å². The van der Waals surface area contributed by atoms with Crippen molar-refractivity contribution in [2.75, 3.05) is 11.4 Å². The van der Waals surface area contributed by atoms with E-state index in [0.29, 0.717) is 0 Å². The van der Waals surface area contributed by atoms with Crippen molar-refractivity contribution in [1.82, 2.24) is 0 Å². The van der Waals surface area contributed by atoms with Crippen molar-refractivity contribution in [3.05, 3.63) is 29.8 Å². The zero-order chi connectivity index (χ0) is 13.2. The molecule has 2 fully saturated rings. The Morgan fingerprint density at radius 1 is 1.11 bits per heavy atom. The molecule has 0 amide bonds. The molecule has 1 heterocycles. The first kappa shape index (κ1) is 13.0. The highest BCUT2D eigenvalue weighted by Gasteiger charge is 2.34. The van der Waals surface area contributed by atoms with Gasteiger partial charge in [-0.3, -0.25) is 0 Å². The van der Waals surface area contributed by atoms with Gasteiger partial charge in [0.05, 0.1) is 0 Å². The number of anilines is 1. The fraction of sp³-hybridized carbons (Fsp3) is 0.647. The lowest BCUT2D eigenvalue weighted by atomic mass is 9.78. The van der Waals surface area contributed by atoms with Crippen molar-refractivity contribution < 1.29 is 0 Å². The second-order valence-corrected chi connectivity index (χ2v) is 6.29. The van der Waals surface area contributed by atoms with Gasteiger partial charge in [-0.1, -0.05) is 31.0 Å². The summed E-state index contributed by atoms with van der Waals surface area (Å²) in [6, 6.07) is 9.64. The van der Waals surface area contributed by atoms with E-state index in [1.54, 1.807) is 0 Å². The van der Waals surface area contributed by atoms with E-state index >= 15 is 0 Å². The van der Waals surface area contributed by atoms with Gasteiger partial charge in [0.25, 0.3) is 0 Å². The predicted octanol–water partition coefficient (Wildman–Crippen LogP) is 3.87. The number of benzene rings is 1. The first-order chi connectivity index (χ1) is 9.27. The van der Waals surface area contributed by atoms with Crippen LogP contribution in [0.3, 0.4) is 0 Å². The van der Waals surface area contributed by atoms with Crippen molar-refractivity contribution in [1.29, 1.82) is 0 Å². The molecule has 1 saturated carbocycles. The molecule has 3 rings (SSSR count). The van der Waals surface area contributed by atoms with Gasteiger partial charge in [-0.15, -0.1) is 0 Å². The maximum atomic E-state index is 6.16. The van der Waals surface area contributed by atoms with Crippen molar-refractivity contribution >= 4 is 5.69 Å². The fourth-order valence-corrected chi connectivity index (χ4v) is 4.06. The summed E-state index contributed by atoms with van der Waals surface area (Å²) >= 11 is 0. The Morgan fingerprint density at radius 2 is 1.84 bits per heavy atom. The van der Waals surface area contributed by atoms with Crippen LogP contribution in [0, 0.1) is 5.92 Å². The largest absolute Gasteiger partial charge is 0.368 e. The highest BCUT2D eigenvalue weighted by molar-refractivity contribution is 5.56. The summed E-state index contributed by atoms with van der Waals surface area (Å²) in [4.78, 5) is 2.67. The van der Waals surface area contributed by atoms with Crippen molar-refractivity contribution in [3.8, 4) is 0 Å².